The minimum atomic E-state index is -0.475. The fourth-order valence-corrected chi connectivity index (χ4v) is 1.30. The number of halogens is 1. The summed E-state index contributed by atoms with van der Waals surface area (Å²) >= 11 is 0. The van der Waals surface area contributed by atoms with Crippen LogP contribution in [0, 0.1) is 5.82 Å². The number of hydrogen-bond acceptors (Lipinski definition) is 4. The number of amidine groups is 1. The van der Waals surface area contributed by atoms with E-state index in [-0.39, 0.29) is 19.0 Å². The second-order valence-corrected chi connectivity index (χ2v) is 4.69. The van der Waals surface area contributed by atoms with Crippen LogP contribution in [-0.4, -0.2) is 28.3 Å². The Morgan fingerprint density at radius 3 is 2.67 bits per heavy atom. The summed E-state index contributed by atoms with van der Waals surface area (Å²) in [6, 6.07) is 4.34. The molecule has 1 rings (SSSR count). The van der Waals surface area contributed by atoms with Gasteiger partial charge in [-0.2, -0.15) is 0 Å². The van der Waals surface area contributed by atoms with Crippen LogP contribution >= 0.6 is 0 Å². The molecule has 1 aromatic rings. The van der Waals surface area contributed by atoms with Gasteiger partial charge in [0.25, 0.3) is 0 Å². The van der Waals surface area contributed by atoms with Crippen LogP contribution in [0.5, 0.6) is 0 Å². The summed E-state index contributed by atoms with van der Waals surface area (Å²) in [5.41, 5.74) is 5.66. The second-order valence-electron chi connectivity index (χ2n) is 4.69. The lowest BCUT2D eigenvalue weighted by Gasteiger charge is -2.23. The summed E-state index contributed by atoms with van der Waals surface area (Å²) in [6.45, 7) is 3.87. The van der Waals surface area contributed by atoms with Gasteiger partial charge in [-0.15, -0.1) is 0 Å². The average Bonchev–Trinajstić information content (AvgIpc) is 2.36. The normalized spacial score (nSPS) is 12.8. The van der Waals surface area contributed by atoms with Gasteiger partial charge in [0.15, 0.2) is 5.84 Å². The Bertz CT molecular complexity index is 447. The summed E-state index contributed by atoms with van der Waals surface area (Å²) in [5.74, 6) is -0.579. The molecule has 0 unspecified atom stereocenters. The molecule has 5 N–H and O–H groups in total. The van der Waals surface area contributed by atoms with Gasteiger partial charge in [-0.3, -0.25) is 0 Å². The quantitative estimate of drug-likeness (QED) is 0.271. The third kappa shape index (κ3) is 3.68. The number of nitrogens with one attached hydrogen (secondary N) is 1. The van der Waals surface area contributed by atoms with Gasteiger partial charge in [-0.1, -0.05) is 17.3 Å². The molecule has 0 aliphatic heterocycles. The lowest BCUT2D eigenvalue weighted by Crippen LogP contribution is -2.42. The Labute approximate surface area is 105 Å². The third-order valence-electron chi connectivity index (χ3n) is 2.61. The van der Waals surface area contributed by atoms with Crippen LogP contribution in [-0.2, 0) is 6.54 Å². The SMILES string of the molecule is CC(C)(CO)NCc1ccc(C(N)=NO)cc1F. The Kier molecular flexibility index (Phi) is 4.63. The van der Waals surface area contributed by atoms with Crippen molar-refractivity contribution >= 4 is 5.84 Å². The van der Waals surface area contributed by atoms with E-state index in [2.05, 4.69) is 10.5 Å². The van der Waals surface area contributed by atoms with Crippen molar-refractivity contribution in [2.75, 3.05) is 6.61 Å². The molecule has 0 aliphatic carbocycles. The molecular formula is C12H18FN3O2. The molecule has 0 amide bonds. The van der Waals surface area contributed by atoms with Gasteiger partial charge >= 0.3 is 0 Å². The Hall–Kier alpha value is -1.66. The molecule has 0 spiro atoms. The van der Waals surface area contributed by atoms with Crippen molar-refractivity contribution in [2.45, 2.75) is 25.9 Å². The van der Waals surface area contributed by atoms with Crippen molar-refractivity contribution in [3.63, 3.8) is 0 Å². The van der Waals surface area contributed by atoms with Crippen LogP contribution in [0.3, 0.4) is 0 Å². The Morgan fingerprint density at radius 2 is 2.17 bits per heavy atom. The van der Waals surface area contributed by atoms with Gasteiger partial charge in [-0.05, 0) is 19.9 Å². The first-order chi connectivity index (χ1) is 8.39. The zero-order valence-corrected chi connectivity index (χ0v) is 10.4. The third-order valence-corrected chi connectivity index (χ3v) is 2.61. The summed E-state index contributed by atoms with van der Waals surface area (Å²) in [7, 11) is 0. The minimum Gasteiger partial charge on any atom is -0.409 e. The smallest absolute Gasteiger partial charge is 0.170 e. The maximum Gasteiger partial charge on any atom is 0.170 e. The predicted molar refractivity (Wildman–Crippen MR) is 66.9 cm³/mol. The van der Waals surface area contributed by atoms with Gasteiger partial charge in [-0.25, -0.2) is 4.39 Å². The van der Waals surface area contributed by atoms with Crippen molar-refractivity contribution < 1.29 is 14.7 Å². The molecular weight excluding hydrogens is 237 g/mol. The van der Waals surface area contributed by atoms with E-state index in [1.807, 2.05) is 13.8 Å². The number of aliphatic hydroxyl groups excluding tert-OH is 1. The van der Waals surface area contributed by atoms with Crippen LogP contribution in [0.25, 0.3) is 0 Å². The molecule has 100 valence electrons. The molecule has 1 aromatic carbocycles. The molecule has 0 bridgehead atoms. The number of benzene rings is 1. The monoisotopic (exact) mass is 255 g/mol. The van der Waals surface area contributed by atoms with Crippen LogP contribution in [0.4, 0.5) is 4.39 Å². The summed E-state index contributed by atoms with van der Waals surface area (Å²) < 4.78 is 13.7. The van der Waals surface area contributed by atoms with Crippen LogP contribution in [0.15, 0.2) is 23.4 Å². The molecule has 0 radical (unpaired) electrons. The zero-order valence-electron chi connectivity index (χ0n) is 10.4. The number of rotatable bonds is 5. The summed E-state index contributed by atoms with van der Waals surface area (Å²) in [5, 5.41) is 23.4. The van der Waals surface area contributed by atoms with E-state index < -0.39 is 11.4 Å². The number of nitrogens with two attached hydrogens (primary N) is 1. The van der Waals surface area contributed by atoms with Crippen molar-refractivity contribution in [3.8, 4) is 0 Å². The number of aliphatic hydroxyl groups is 1. The topological polar surface area (TPSA) is 90.9 Å². The van der Waals surface area contributed by atoms with Gasteiger partial charge in [0.1, 0.15) is 5.82 Å². The van der Waals surface area contributed by atoms with Gasteiger partial charge < -0.3 is 21.4 Å². The highest BCUT2D eigenvalue weighted by Gasteiger charge is 2.16. The zero-order chi connectivity index (χ0) is 13.8. The van der Waals surface area contributed by atoms with E-state index in [4.69, 9.17) is 16.0 Å². The van der Waals surface area contributed by atoms with Gasteiger partial charge in [0, 0.05) is 23.2 Å². The van der Waals surface area contributed by atoms with Crippen LogP contribution in [0.1, 0.15) is 25.0 Å². The molecule has 0 saturated carbocycles. The molecule has 5 nitrogen and oxygen atoms in total. The standard InChI is InChI=1S/C12H18FN3O2/c1-12(2,7-17)15-6-9-4-3-8(5-10(9)13)11(14)16-18/h3-5,15,17-18H,6-7H2,1-2H3,(H2,14,16). The van der Waals surface area contributed by atoms with E-state index in [0.29, 0.717) is 11.1 Å². The van der Waals surface area contributed by atoms with Gasteiger partial charge in [0.05, 0.1) is 6.61 Å². The van der Waals surface area contributed by atoms with E-state index >= 15 is 0 Å². The highest BCUT2D eigenvalue weighted by Crippen LogP contribution is 2.12. The first-order valence-electron chi connectivity index (χ1n) is 5.52. The van der Waals surface area contributed by atoms with E-state index in [0.717, 1.165) is 0 Å². The molecule has 0 atom stereocenters. The van der Waals surface area contributed by atoms with Crippen LogP contribution < -0.4 is 11.1 Å². The van der Waals surface area contributed by atoms with Gasteiger partial charge in [0.2, 0.25) is 0 Å². The highest BCUT2D eigenvalue weighted by atomic mass is 19.1. The van der Waals surface area contributed by atoms with Crippen molar-refractivity contribution in [1.82, 2.24) is 5.32 Å². The molecule has 0 aromatic heterocycles. The average molecular weight is 255 g/mol. The van der Waals surface area contributed by atoms with E-state index in [9.17, 15) is 4.39 Å². The largest absolute Gasteiger partial charge is 0.409 e. The molecule has 0 saturated heterocycles. The summed E-state index contributed by atoms with van der Waals surface area (Å²) in [4.78, 5) is 0. The van der Waals surface area contributed by atoms with Crippen LogP contribution in [0.2, 0.25) is 0 Å². The number of oxime groups is 1. The lowest BCUT2D eigenvalue weighted by molar-refractivity contribution is 0.187. The van der Waals surface area contributed by atoms with E-state index in [1.165, 1.54) is 6.07 Å². The van der Waals surface area contributed by atoms with E-state index in [1.54, 1.807) is 12.1 Å². The van der Waals surface area contributed by atoms with Crippen molar-refractivity contribution in [3.05, 3.63) is 35.1 Å². The maximum atomic E-state index is 13.7. The minimum absolute atomic E-state index is 0.0448. The Balaban J connectivity index is 2.81. The fraction of sp³-hybridized carbons (Fsp3) is 0.417. The maximum absolute atomic E-state index is 13.7. The lowest BCUT2D eigenvalue weighted by atomic mass is 10.1. The fourth-order valence-electron chi connectivity index (χ4n) is 1.30. The predicted octanol–water partition coefficient (Wildman–Crippen LogP) is 0.781. The summed E-state index contributed by atoms with van der Waals surface area (Å²) in [6.07, 6.45) is 0. The number of hydrogen-bond donors (Lipinski definition) is 4. The first kappa shape index (κ1) is 14.4. The molecule has 0 fully saturated rings. The second kappa shape index (κ2) is 5.79. The van der Waals surface area contributed by atoms with Crippen molar-refractivity contribution in [1.29, 1.82) is 0 Å². The molecule has 0 aliphatic rings. The number of nitrogens with zero attached hydrogens (tertiary/aromatic N) is 1. The highest BCUT2D eigenvalue weighted by molar-refractivity contribution is 5.97. The van der Waals surface area contributed by atoms with Crippen molar-refractivity contribution in [2.24, 2.45) is 10.9 Å². The molecule has 18 heavy (non-hydrogen) atoms. The molecule has 0 heterocycles. The Morgan fingerprint density at radius 1 is 1.50 bits per heavy atom. The molecule has 6 heteroatoms. The first-order valence-corrected chi connectivity index (χ1v) is 5.52.